The fourth-order valence-corrected chi connectivity index (χ4v) is 4.54. The number of Topliss-reactive ketones (excluding diaryl/α,β-unsaturated/α-hetero) is 1. The number of aryl methyl sites for hydroxylation is 1. The smallest absolute Gasteiger partial charge is 0.295 e. The number of aliphatic hydroxyl groups excluding tert-OH is 1. The molecule has 1 saturated heterocycles. The van der Waals surface area contributed by atoms with Crippen LogP contribution in [0.5, 0.6) is 11.5 Å². The third kappa shape index (κ3) is 6.38. The summed E-state index contributed by atoms with van der Waals surface area (Å²) in [6.45, 7) is 7.15. The van der Waals surface area contributed by atoms with E-state index in [1.807, 2.05) is 80.5 Å². The molecule has 3 aromatic rings. The predicted molar refractivity (Wildman–Crippen MR) is 152 cm³/mol. The van der Waals surface area contributed by atoms with Gasteiger partial charge in [-0.3, -0.25) is 9.59 Å². The minimum Gasteiger partial charge on any atom is -0.507 e. The zero-order valence-electron chi connectivity index (χ0n) is 22.6. The monoisotopic (exact) mass is 526 g/mol. The molecule has 7 heteroatoms. The third-order valence-electron chi connectivity index (χ3n) is 6.59. The van der Waals surface area contributed by atoms with Crippen molar-refractivity contribution < 1.29 is 24.2 Å². The van der Waals surface area contributed by atoms with Gasteiger partial charge in [-0.2, -0.15) is 0 Å². The van der Waals surface area contributed by atoms with E-state index in [2.05, 4.69) is 6.58 Å². The number of likely N-dealkylation sites (N-methyl/N-ethyl adjacent to an activating group) is 1. The van der Waals surface area contributed by atoms with E-state index in [1.165, 1.54) is 4.90 Å². The lowest BCUT2D eigenvalue weighted by Crippen LogP contribution is -2.35. The van der Waals surface area contributed by atoms with Crippen LogP contribution < -0.4 is 9.47 Å². The molecular weight excluding hydrogens is 492 g/mol. The van der Waals surface area contributed by atoms with Gasteiger partial charge in [-0.1, -0.05) is 55.1 Å². The standard InChI is InChI=1S/C32H34N2O5/c1-5-19-38-26-15-16-27(22(2)20-26)30(35)28-29(34(18-17-33(3)4)32(37)31(28)36)24-11-13-25(14-12-24)39-21-23-9-7-6-8-10-23/h5-16,20,29,35H,1,17-19,21H2,2-4H3/b30-28+. The highest BCUT2D eigenvalue weighted by Crippen LogP contribution is 2.40. The summed E-state index contributed by atoms with van der Waals surface area (Å²) in [7, 11) is 3.81. The van der Waals surface area contributed by atoms with Gasteiger partial charge in [0.05, 0.1) is 11.6 Å². The number of amides is 1. The zero-order valence-corrected chi connectivity index (χ0v) is 22.6. The Labute approximate surface area is 229 Å². The fourth-order valence-electron chi connectivity index (χ4n) is 4.54. The minimum absolute atomic E-state index is 0.0690. The quantitative estimate of drug-likeness (QED) is 0.162. The molecule has 7 nitrogen and oxygen atoms in total. The second-order valence-corrected chi connectivity index (χ2v) is 9.72. The Bertz CT molecular complexity index is 1360. The summed E-state index contributed by atoms with van der Waals surface area (Å²) < 4.78 is 11.5. The van der Waals surface area contributed by atoms with Crippen molar-refractivity contribution in [1.82, 2.24) is 9.80 Å². The summed E-state index contributed by atoms with van der Waals surface area (Å²) in [5.74, 6) is -0.247. The van der Waals surface area contributed by atoms with Crippen LogP contribution in [0.4, 0.5) is 0 Å². The lowest BCUT2D eigenvalue weighted by Gasteiger charge is -2.27. The highest BCUT2D eigenvalue weighted by molar-refractivity contribution is 6.46. The lowest BCUT2D eigenvalue weighted by molar-refractivity contribution is -0.140. The number of aliphatic hydroxyl groups is 1. The summed E-state index contributed by atoms with van der Waals surface area (Å²) in [4.78, 5) is 30.0. The minimum atomic E-state index is -0.732. The van der Waals surface area contributed by atoms with Crippen LogP contribution in [-0.4, -0.2) is 60.4 Å². The number of benzene rings is 3. The zero-order chi connectivity index (χ0) is 27.9. The number of ketones is 1. The normalized spacial score (nSPS) is 16.5. The van der Waals surface area contributed by atoms with Crippen molar-refractivity contribution in [3.63, 3.8) is 0 Å². The molecule has 0 radical (unpaired) electrons. The molecule has 4 rings (SSSR count). The number of carbonyl (C=O) groups is 2. The van der Waals surface area contributed by atoms with Gasteiger partial charge in [-0.05, 0) is 68.0 Å². The fraction of sp³-hybridized carbons (Fsp3) is 0.250. The van der Waals surface area contributed by atoms with E-state index in [1.54, 1.807) is 24.3 Å². The first-order valence-electron chi connectivity index (χ1n) is 12.8. The Hall–Kier alpha value is -4.36. The summed E-state index contributed by atoms with van der Waals surface area (Å²) in [6, 6.07) is 21.7. The maximum Gasteiger partial charge on any atom is 0.295 e. The Morgan fingerprint density at radius 3 is 2.33 bits per heavy atom. The highest BCUT2D eigenvalue weighted by atomic mass is 16.5. The first-order valence-corrected chi connectivity index (χ1v) is 12.8. The highest BCUT2D eigenvalue weighted by Gasteiger charge is 2.46. The lowest BCUT2D eigenvalue weighted by atomic mass is 9.94. The molecule has 3 aromatic carbocycles. The van der Waals surface area contributed by atoms with Crippen LogP contribution in [0.1, 0.15) is 28.3 Å². The van der Waals surface area contributed by atoms with Crippen LogP contribution in [-0.2, 0) is 16.2 Å². The summed E-state index contributed by atoms with van der Waals surface area (Å²) in [5.41, 5.74) is 3.02. The molecule has 1 heterocycles. The number of rotatable bonds is 11. The second kappa shape index (κ2) is 12.5. The molecule has 1 aliphatic heterocycles. The van der Waals surface area contributed by atoms with Gasteiger partial charge < -0.3 is 24.4 Å². The van der Waals surface area contributed by atoms with Gasteiger partial charge in [-0.15, -0.1) is 0 Å². The van der Waals surface area contributed by atoms with Gasteiger partial charge in [0.2, 0.25) is 0 Å². The predicted octanol–water partition coefficient (Wildman–Crippen LogP) is 5.12. The largest absolute Gasteiger partial charge is 0.507 e. The van der Waals surface area contributed by atoms with E-state index in [9.17, 15) is 14.7 Å². The van der Waals surface area contributed by atoms with Crippen LogP contribution >= 0.6 is 0 Å². The molecule has 0 aliphatic carbocycles. The van der Waals surface area contributed by atoms with Crippen molar-refractivity contribution in [2.24, 2.45) is 0 Å². The van der Waals surface area contributed by atoms with Crippen LogP contribution in [0.3, 0.4) is 0 Å². The molecule has 0 saturated carbocycles. The molecule has 0 bridgehead atoms. The number of hydrogen-bond acceptors (Lipinski definition) is 6. The number of carbonyl (C=O) groups excluding carboxylic acids is 2. The Kier molecular flexibility index (Phi) is 8.84. The van der Waals surface area contributed by atoms with Gasteiger partial charge in [0.15, 0.2) is 0 Å². The molecule has 1 fully saturated rings. The van der Waals surface area contributed by atoms with Crippen molar-refractivity contribution in [2.45, 2.75) is 19.6 Å². The first kappa shape index (κ1) is 27.7. The molecule has 1 amide bonds. The molecule has 1 atom stereocenters. The second-order valence-electron chi connectivity index (χ2n) is 9.72. The molecule has 0 spiro atoms. The molecular formula is C32H34N2O5. The van der Waals surface area contributed by atoms with Crippen LogP contribution in [0.15, 0.2) is 91.0 Å². The maximum absolute atomic E-state index is 13.3. The van der Waals surface area contributed by atoms with Crippen molar-refractivity contribution in [3.8, 4) is 11.5 Å². The molecule has 1 aliphatic rings. The summed E-state index contributed by atoms with van der Waals surface area (Å²) in [5, 5.41) is 11.4. The number of hydrogen-bond donors (Lipinski definition) is 1. The molecule has 1 unspecified atom stereocenters. The summed E-state index contributed by atoms with van der Waals surface area (Å²) in [6.07, 6.45) is 1.65. The van der Waals surface area contributed by atoms with Crippen molar-refractivity contribution in [1.29, 1.82) is 0 Å². The van der Waals surface area contributed by atoms with E-state index in [4.69, 9.17) is 9.47 Å². The van der Waals surface area contributed by atoms with Crippen molar-refractivity contribution in [3.05, 3.63) is 113 Å². The van der Waals surface area contributed by atoms with Crippen molar-refractivity contribution in [2.75, 3.05) is 33.8 Å². The average molecular weight is 527 g/mol. The Morgan fingerprint density at radius 2 is 1.69 bits per heavy atom. The topological polar surface area (TPSA) is 79.3 Å². The van der Waals surface area contributed by atoms with Gasteiger partial charge in [-0.25, -0.2) is 0 Å². The number of likely N-dealkylation sites (tertiary alicyclic amines) is 1. The number of ether oxygens (including phenoxy) is 2. The summed E-state index contributed by atoms with van der Waals surface area (Å²) >= 11 is 0. The van der Waals surface area contributed by atoms with E-state index < -0.39 is 17.7 Å². The van der Waals surface area contributed by atoms with Gasteiger partial charge in [0.25, 0.3) is 11.7 Å². The van der Waals surface area contributed by atoms with Crippen LogP contribution in [0.25, 0.3) is 5.76 Å². The van der Waals surface area contributed by atoms with E-state index in [-0.39, 0.29) is 11.3 Å². The van der Waals surface area contributed by atoms with E-state index >= 15 is 0 Å². The van der Waals surface area contributed by atoms with Crippen LogP contribution in [0.2, 0.25) is 0 Å². The Morgan fingerprint density at radius 1 is 1.00 bits per heavy atom. The molecule has 1 N–H and O–H groups in total. The van der Waals surface area contributed by atoms with Crippen molar-refractivity contribution >= 4 is 17.4 Å². The molecule has 39 heavy (non-hydrogen) atoms. The average Bonchev–Trinajstić information content (AvgIpc) is 3.19. The maximum atomic E-state index is 13.3. The molecule has 202 valence electrons. The molecule has 0 aromatic heterocycles. The van der Waals surface area contributed by atoms with Gasteiger partial charge in [0, 0.05) is 18.7 Å². The van der Waals surface area contributed by atoms with Crippen LogP contribution in [0, 0.1) is 6.92 Å². The van der Waals surface area contributed by atoms with Gasteiger partial charge in [0.1, 0.15) is 30.5 Å². The first-order chi connectivity index (χ1) is 18.8. The Balaban J connectivity index is 1.69. The third-order valence-corrected chi connectivity index (χ3v) is 6.59. The van der Waals surface area contributed by atoms with E-state index in [0.29, 0.717) is 48.9 Å². The number of nitrogens with zero attached hydrogens (tertiary/aromatic N) is 2. The van der Waals surface area contributed by atoms with E-state index in [0.717, 1.165) is 11.1 Å². The SMILES string of the molecule is C=CCOc1ccc(/C(O)=C2\C(=O)C(=O)N(CCN(C)C)C2c2ccc(OCc3ccccc3)cc2)c(C)c1. The van der Waals surface area contributed by atoms with Gasteiger partial charge >= 0.3 is 0 Å².